The lowest BCUT2D eigenvalue weighted by atomic mass is 10.1. The average molecular weight is 281 g/mol. The first-order valence-electron chi connectivity index (χ1n) is 6.87. The second-order valence-corrected chi connectivity index (χ2v) is 5.12. The van der Waals surface area contributed by atoms with Crippen LogP contribution in [0, 0.1) is 5.82 Å². The number of carbonyl (C=O) groups is 1. The lowest BCUT2D eigenvalue weighted by Gasteiger charge is -2.39. The van der Waals surface area contributed by atoms with E-state index in [1.807, 2.05) is 11.8 Å². The summed E-state index contributed by atoms with van der Waals surface area (Å²) in [5.41, 5.74) is 0.791. The number of aliphatic hydroxyl groups is 1. The number of rotatable bonds is 5. The zero-order valence-electron chi connectivity index (χ0n) is 11.6. The molecule has 0 saturated carbocycles. The van der Waals surface area contributed by atoms with Crippen molar-refractivity contribution in [3.05, 3.63) is 23.6 Å². The van der Waals surface area contributed by atoms with Crippen LogP contribution in [0.5, 0.6) is 0 Å². The van der Waals surface area contributed by atoms with Crippen molar-refractivity contribution in [1.82, 2.24) is 9.88 Å². The van der Waals surface area contributed by atoms with Gasteiger partial charge in [-0.3, -0.25) is 4.79 Å². The predicted molar refractivity (Wildman–Crippen MR) is 74.0 cm³/mol. The molecule has 0 radical (unpaired) electrons. The van der Waals surface area contributed by atoms with E-state index in [0.29, 0.717) is 38.3 Å². The molecule has 1 N–H and O–H groups in total. The molecular formula is C14H20FN3O2. The van der Waals surface area contributed by atoms with Crippen molar-refractivity contribution in [3.63, 3.8) is 0 Å². The van der Waals surface area contributed by atoms with Crippen LogP contribution in [0.25, 0.3) is 0 Å². The van der Waals surface area contributed by atoms with Crippen LogP contribution >= 0.6 is 0 Å². The molecule has 1 aromatic heterocycles. The fraction of sp³-hybridized carbons (Fsp3) is 0.571. The molecule has 1 aliphatic heterocycles. The maximum atomic E-state index is 14.2. The number of hydrogen-bond acceptors (Lipinski definition) is 4. The SMILES string of the molecule is C[C@H]1CN(C=O)CCN1c1ncc(CCCO)cc1F. The van der Waals surface area contributed by atoms with E-state index in [1.54, 1.807) is 11.1 Å². The molecule has 1 aromatic rings. The highest BCUT2D eigenvalue weighted by Crippen LogP contribution is 2.22. The van der Waals surface area contributed by atoms with E-state index >= 15 is 0 Å². The molecule has 0 spiro atoms. The van der Waals surface area contributed by atoms with E-state index < -0.39 is 0 Å². The molecule has 1 fully saturated rings. The Balaban J connectivity index is 2.10. The van der Waals surface area contributed by atoms with Gasteiger partial charge in [0.15, 0.2) is 11.6 Å². The molecule has 0 unspecified atom stereocenters. The second kappa shape index (κ2) is 6.65. The van der Waals surface area contributed by atoms with Crippen molar-refractivity contribution in [2.24, 2.45) is 0 Å². The summed E-state index contributed by atoms with van der Waals surface area (Å²) in [6, 6.07) is 1.52. The number of piperazine rings is 1. The van der Waals surface area contributed by atoms with Crippen LogP contribution in [0.3, 0.4) is 0 Å². The molecule has 1 amide bonds. The topological polar surface area (TPSA) is 56.7 Å². The van der Waals surface area contributed by atoms with Crippen molar-refractivity contribution in [3.8, 4) is 0 Å². The van der Waals surface area contributed by atoms with Crippen LogP contribution in [0.1, 0.15) is 18.9 Å². The fourth-order valence-electron chi connectivity index (χ4n) is 2.50. The molecule has 110 valence electrons. The number of aromatic nitrogens is 1. The second-order valence-electron chi connectivity index (χ2n) is 5.12. The van der Waals surface area contributed by atoms with Crippen molar-refractivity contribution < 1.29 is 14.3 Å². The Labute approximate surface area is 118 Å². The van der Waals surface area contributed by atoms with Gasteiger partial charge in [-0.2, -0.15) is 0 Å². The van der Waals surface area contributed by atoms with Crippen molar-refractivity contribution in [1.29, 1.82) is 0 Å². The molecule has 0 aromatic carbocycles. The van der Waals surface area contributed by atoms with Crippen LogP contribution < -0.4 is 4.90 Å². The largest absolute Gasteiger partial charge is 0.396 e. The highest BCUT2D eigenvalue weighted by Gasteiger charge is 2.25. The first-order valence-corrected chi connectivity index (χ1v) is 6.87. The molecule has 1 saturated heterocycles. The number of anilines is 1. The Hall–Kier alpha value is -1.69. The summed E-state index contributed by atoms with van der Waals surface area (Å²) < 4.78 is 14.2. The molecule has 0 bridgehead atoms. The summed E-state index contributed by atoms with van der Waals surface area (Å²) >= 11 is 0. The molecule has 1 atom stereocenters. The zero-order valence-corrected chi connectivity index (χ0v) is 11.6. The minimum Gasteiger partial charge on any atom is -0.396 e. The Morgan fingerprint density at radius 3 is 2.95 bits per heavy atom. The number of amides is 1. The van der Waals surface area contributed by atoms with Crippen LogP contribution in [0.15, 0.2) is 12.3 Å². The third kappa shape index (κ3) is 3.25. The van der Waals surface area contributed by atoms with Crippen LogP contribution in [0.4, 0.5) is 10.2 Å². The van der Waals surface area contributed by atoms with E-state index in [-0.39, 0.29) is 18.5 Å². The Morgan fingerprint density at radius 2 is 2.35 bits per heavy atom. The van der Waals surface area contributed by atoms with Gasteiger partial charge < -0.3 is 14.9 Å². The average Bonchev–Trinajstić information content (AvgIpc) is 2.45. The highest BCUT2D eigenvalue weighted by atomic mass is 19.1. The number of hydrogen-bond donors (Lipinski definition) is 1. The Bertz CT molecular complexity index is 470. The van der Waals surface area contributed by atoms with Gasteiger partial charge in [0.25, 0.3) is 0 Å². The summed E-state index contributed by atoms with van der Waals surface area (Å²) in [6.07, 6.45) is 3.71. The van der Waals surface area contributed by atoms with Crippen LogP contribution in [0.2, 0.25) is 0 Å². The molecular weight excluding hydrogens is 261 g/mol. The molecule has 2 rings (SSSR count). The number of pyridine rings is 1. The molecule has 5 nitrogen and oxygen atoms in total. The monoisotopic (exact) mass is 281 g/mol. The summed E-state index contributed by atoms with van der Waals surface area (Å²) in [6.45, 7) is 3.79. The maximum Gasteiger partial charge on any atom is 0.209 e. The first kappa shape index (κ1) is 14.7. The lowest BCUT2D eigenvalue weighted by Crippen LogP contribution is -2.52. The van der Waals surface area contributed by atoms with E-state index in [0.717, 1.165) is 12.0 Å². The summed E-state index contributed by atoms with van der Waals surface area (Å²) in [5, 5.41) is 8.78. The van der Waals surface area contributed by atoms with E-state index in [9.17, 15) is 9.18 Å². The van der Waals surface area contributed by atoms with Crippen LogP contribution in [-0.4, -0.2) is 53.7 Å². The van der Waals surface area contributed by atoms with Gasteiger partial charge in [0, 0.05) is 38.5 Å². The van der Waals surface area contributed by atoms with Gasteiger partial charge in [-0.05, 0) is 31.4 Å². The molecule has 20 heavy (non-hydrogen) atoms. The van der Waals surface area contributed by atoms with Gasteiger partial charge in [-0.15, -0.1) is 0 Å². The quantitative estimate of drug-likeness (QED) is 0.812. The normalized spacial score (nSPS) is 19.2. The minimum absolute atomic E-state index is 0.0410. The number of halogens is 1. The third-order valence-corrected chi connectivity index (χ3v) is 3.58. The van der Waals surface area contributed by atoms with Crippen molar-refractivity contribution in [2.75, 3.05) is 31.1 Å². The van der Waals surface area contributed by atoms with E-state index in [1.165, 1.54) is 6.07 Å². The van der Waals surface area contributed by atoms with Crippen molar-refractivity contribution >= 4 is 12.2 Å². The van der Waals surface area contributed by atoms with E-state index in [4.69, 9.17) is 5.11 Å². The number of carbonyl (C=O) groups excluding carboxylic acids is 1. The molecule has 1 aliphatic rings. The molecule has 2 heterocycles. The fourth-order valence-corrected chi connectivity index (χ4v) is 2.50. The number of aryl methyl sites for hydroxylation is 1. The van der Waals surface area contributed by atoms with Gasteiger partial charge in [0.05, 0.1) is 0 Å². The number of nitrogens with zero attached hydrogens (tertiary/aromatic N) is 3. The van der Waals surface area contributed by atoms with Gasteiger partial charge in [0.1, 0.15) is 0 Å². The van der Waals surface area contributed by atoms with Gasteiger partial charge >= 0.3 is 0 Å². The van der Waals surface area contributed by atoms with Crippen molar-refractivity contribution in [2.45, 2.75) is 25.8 Å². The summed E-state index contributed by atoms with van der Waals surface area (Å²) in [4.78, 5) is 18.6. The Morgan fingerprint density at radius 1 is 1.55 bits per heavy atom. The zero-order chi connectivity index (χ0) is 14.5. The number of aliphatic hydroxyl groups excluding tert-OH is 1. The summed E-state index contributed by atoms with van der Waals surface area (Å²) in [5.74, 6) is 0.00244. The van der Waals surface area contributed by atoms with E-state index in [2.05, 4.69) is 4.98 Å². The lowest BCUT2D eigenvalue weighted by molar-refractivity contribution is -0.118. The maximum absolute atomic E-state index is 14.2. The van der Waals surface area contributed by atoms with Gasteiger partial charge in [-0.25, -0.2) is 9.37 Å². The third-order valence-electron chi connectivity index (χ3n) is 3.58. The Kier molecular flexibility index (Phi) is 4.89. The highest BCUT2D eigenvalue weighted by molar-refractivity contribution is 5.50. The van der Waals surface area contributed by atoms with Gasteiger partial charge in [-0.1, -0.05) is 0 Å². The summed E-state index contributed by atoms with van der Waals surface area (Å²) in [7, 11) is 0. The predicted octanol–water partition coefficient (Wildman–Crippen LogP) is 0.812. The first-order chi connectivity index (χ1) is 9.65. The molecule has 0 aliphatic carbocycles. The van der Waals surface area contributed by atoms with Gasteiger partial charge in [0.2, 0.25) is 6.41 Å². The minimum atomic E-state index is -0.341. The van der Waals surface area contributed by atoms with Crippen LogP contribution in [-0.2, 0) is 11.2 Å². The smallest absolute Gasteiger partial charge is 0.209 e. The standard InChI is InChI=1S/C14H20FN3O2/c1-11-9-17(10-20)4-5-18(11)14-13(15)7-12(8-16-14)3-2-6-19/h7-8,10-11,19H,2-6,9H2,1H3/t11-/m0/s1. The molecule has 6 heteroatoms.